The summed E-state index contributed by atoms with van der Waals surface area (Å²) in [6.45, 7) is 0.495. The Bertz CT molecular complexity index is 649. The van der Waals surface area contributed by atoms with E-state index in [1.54, 1.807) is 29.3 Å². The van der Waals surface area contributed by atoms with Crippen LogP contribution in [0, 0.1) is 11.8 Å². The van der Waals surface area contributed by atoms with Crippen LogP contribution < -0.4 is 5.32 Å². The van der Waals surface area contributed by atoms with Gasteiger partial charge in [-0.25, -0.2) is 4.98 Å². The molecule has 0 bridgehead atoms. The molecule has 5 nitrogen and oxygen atoms in total. The Hall–Kier alpha value is -2.10. The van der Waals surface area contributed by atoms with Crippen LogP contribution in [0.25, 0.3) is 0 Å². The second-order valence-electron chi connectivity index (χ2n) is 4.11. The number of thiophene rings is 1. The lowest BCUT2D eigenvalue weighted by molar-refractivity contribution is 0.0943. The van der Waals surface area contributed by atoms with Gasteiger partial charge in [0.2, 0.25) is 0 Å². The van der Waals surface area contributed by atoms with Gasteiger partial charge in [0.1, 0.15) is 5.69 Å². The zero-order chi connectivity index (χ0) is 14.4. The maximum absolute atomic E-state index is 12.0. The maximum atomic E-state index is 12.0. The van der Waals surface area contributed by atoms with E-state index in [2.05, 4.69) is 22.1 Å². The molecule has 0 unspecified atom stereocenters. The average Bonchev–Trinajstić information content (AvgIpc) is 3.05. The van der Waals surface area contributed by atoms with Crippen molar-refractivity contribution in [1.82, 2.24) is 14.9 Å². The van der Waals surface area contributed by atoms with Crippen LogP contribution in [0.3, 0.4) is 0 Å². The van der Waals surface area contributed by atoms with Gasteiger partial charge in [0.25, 0.3) is 5.91 Å². The van der Waals surface area contributed by atoms with E-state index in [-0.39, 0.29) is 12.5 Å². The van der Waals surface area contributed by atoms with Crippen molar-refractivity contribution in [2.75, 3.05) is 6.61 Å². The first-order chi connectivity index (χ1) is 9.72. The Morgan fingerprint density at radius 3 is 3.15 bits per heavy atom. The summed E-state index contributed by atoms with van der Waals surface area (Å²) in [7, 11) is 1.78. The van der Waals surface area contributed by atoms with Crippen molar-refractivity contribution < 1.29 is 9.90 Å². The predicted molar refractivity (Wildman–Crippen MR) is 77.3 cm³/mol. The topological polar surface area (TPSA) is 67.2 Å². The molecule has 0 aliphatic heterocycles. The van der Waals surface area contributed by atoms with Gasteiger partial charge in [0.05, 0.1) is 25.7 Å². The second-order valence-corrected chi connectivity index (χ2v) is 5.11. The first kappa shape index (κ1) is 14.3. The smallest absolute Gasteiger partial charge is 0.269 e. The van der Waals surface area contributed by atoms with Crippen molar-refractivity contribution in [3.63, 3.8) is 0 Å². The second kappa shape index (κ2) is 6.89. The first-order valence-electron chi connectivity index (χ1n) is 6.13. The van der Waals surface area contributed by atoms with Gasteiger partial charge in [0, 0.05) is 23.9 Å². The van der Waals surface area contributed by atoms with Gasteiger partial charge in [-0.15, -0.1) is 11.3 Å². The molecule has 1 amide bonds. The zero-order valence-electron chi connectivity index (χ0n) is 11.1. The van der Waals surface area contributed by atoms with E-state index in [1.807, 2.05) is 11.4 Å². The first-order valence-corrected chi connectivity index (χ1v) is 7.01. The number of aryl methyl sites for hydroxylation is 1. The van der Waals surface area contributed by atoms with Crippen molar-refractivity contribution in [2.45, 2.75) is 13.0 Å². The summed E-state index contributed by atoms with van der Waals surface area (Å²) in [6, 6.07) is 1.92. The fourth-order valence-corrected chi connectivity index (χ4v) is 2.40. The van der Waals surface area contributed by atoms with Crippen molar-refractivity contribution >= 4 is 17.2 Å². The molecule has 20 heavy (non-hydrogen) atoms. The molecule has 104 valence electrons. The molecule has 0 atom stereocenters. The molecule has 2 aromatic rings. The van der Waals surface area contributed by atoms with Gasteiger partial charge in [-0.1, -0.05) is 11.8 Å². The maximum Gasteiger partial charge on any atom is 0.269 e. The molecule has 2 rings (SSSR count). The van der Waals surface area contributed by atoms with E-state index in [9.17, 15) is 4.79 Å². The molecule has 0 saturated heterocycles. The van der Waals surface area contributed by atoms with Crippen LogP contribution in [0.1, 0.15) is 27.3 Å². The van der Waals surface area contributed by atoms with Gasteiger partial charge in [-0.3, -0.25) is 4.79 Å². The summed E-state index contributed by atoms with van der Waals surface area (Å²) in [5.41, 5.74) is 1.42. The minimum Gasteiger partial charge on any atom is -0.395 e. The van der Waals surface area contributed by atoms with E-state index in [1.165, 1.54) is 6.20 Å². The molecular weight excluding hydrogens is 274 g/mol. The molecule has 0 aromatic carbocycles. The van der Waals surface area contributed by atoms with E-state index in [0.717, 1.165) is 10.4 Å². The minimum atomic E-state index is -0.160. The lowest BCUT2D eigenvalue weighted by Crippen LogP contribution is -2.24. The molecular formula is C14H15N3O2S. The third-order valence-electron chi connectivity index (χ3n) is 2.66. The average molecular weight is 289 g/mol. The van der Waals surface area contributed by atoms with Crippen LogP contribution in [0.2, 0.25) is 0 Å². The van der Waals surface area contributed by atoms with Crippen molar-refractivity contribution in [3.05, 3.63) is 40.1 Å². The zero-order valence-corrected chi connectivity index (χ0v) is 11.9. The fourth-order valence-electron chi connectivity index (χ4n) is 1.63. The van der Waals surface area contributed by atoms with Crippen LogP contribution in [0.4, 0.5) is 0 Å². The molecule has 2 heterocycles. The summed E-state index contributed by atoms with van der Waals surface area (Å²) < 4.78 is 1.67. The van der Waals surface area contributed by atoms with E-state index in [0.29, 0.717) is 18.7 Å². The van der Waals surface area contributed by atoms with Gasteiger partial charge in [-0.05, 0) is 11.4 Å². The lowest BCUT2D eigenvalue weighted by Gasteiger charge is -2.04. The summed E-state index contributed by atoms with van der Waals surface area (Å²) in [5.74, 6) is 5.72. The van der Waals surface area contributed by atoms with Crippen LogP contribution >= 0.6 is 11.3 Å². The number of aromatic nitrogens is 2. The molecule has 0 aliphatic rings. The van der Waals surface area contributed by atoms with Gasteiger partial charge < -0.3 is 15.0 Å². The van der Waals surface area contributed by atoms with Crippen molar-refractivity contribution in [3.8, 4) is 11.8 Å². The van der Waals surface area contributed by atoms with Crippen molar-refractivity contribution in [1.29, 1.82) is 0 Å². The number of imidazole rings is 1. The molecule has 0 fully saturated rings. The lowest BCUT2D eigenvalue weighted by atomic mass is 10.2. The number of aliphatic hydroxyl groups is 1. The van der Waals surface area contributed by atoms with Crippen LogP contribution in [-0.4, -0.2) is 27.2 Å². The number of rotatable bonds is 4. The Morgan fingerprint density at radius 1 is 1.60 bits per heavy atom. The van der Waals surface area contributed by atoms with Crippen LogP contribution in [0.15, 0.2) is 24.0 Å². The van der Waals surface area contributed by atoms with Crippen molar-refractivity contribution in [2.24, 2.45) is 7.05 Å². The molecule has 0 radical (unpaired) electrons. The number of nitrogens with zero attached hydrogens (tertiary/aromatic N) is 2. The Balaban J connectivity index is 1.98. The molecule has 0 saturated carbocycles. The van der Waals surface area contributed by atoms with Crippen LogP contribution in [-0.2, 0) is 13.6 Å². The predicted octanol–water partition coefficient (Wildman–Crippen LogP) is 1.15. The summed E-state index contributed by atoms with van der Waals surface area (Å²) >= 11 is 1.55. The molecule has 2 aromatic heterocycles. The Labute approximate surface area is 121 Å². The summed E-state index contributed by atoms with van der Waals surface area (Å²) in [4.78, 5) is 16.9. The molecule has 0 aliphatic carbocycles. The third-order valence-corrected chi connectivity index (χ3v) is 3.59. The number of nitrogens with one attached hydrogen (secondary N) is 1. The van der Waals surface area contributed by atoms with E-state index >= 15 is 0 Å². The summed E-state index contributed by atoms with van der Waals surface area (Å²) in [5, 5.41) is 13.5. The number of amides is 1. The van der Waals surface area contributed by atoms with E-state index in [4.69, 9.17) is 5.11 Å². The van der Waals surface area contributed by atoms with Gasteiger partial charge >= 0.3 is 0 Å². The number of carbonyl (C=O) groups excluding carboxylic acids is 1. The number of hydrogen-bond acceptors (Lipinski definition) is 4. The highest BCUT2D eigenvalue weighted by Gasteiger charge is 2.10. The fraction of sp³-hybridized carbons (Fsp3) is 0.286. The highest BCUT2D eigenvalue weighted by Crippen LogP contribution is 2.15. The quantitative estimate of drug-likeness (QED) is 0.830. The number of hydrogen-bond donors (Lipinski definition) is 2. The Kier molecular flexibility index (Phi) is 4.93. The largest absolute Gasteiger partial charge is 0.395 e. The SMILES string of the molecule is Cn1cncc1C(=O)NCc1sccc1C#CCCO. The van der Waals surface area contributed by atoms with Gasteiger partial charge in [-0.2, -0.15) is 0 Å². The monoisotopic (exact) mass is 289 g/mol. The molecule has 2 N–H and O–H groups in total. The standard InChI is InChI=1S/C14H15N3O2S/c1-17-10-15-8-12(17)14(19)16-9-13-11(5-7-20-13)4-2-3-6-18/h5,7-8,10,18H,3,6,9H2,1H3,(H,16,19). The summed E-state index contributed by atoms with van der Waals surface area (Å²) in [6.07, 6.45) is 3.58. The number of carbonyl (C=O) groups is 1. The molecule has 0 spiro atoms. The Morgan fingerprint density at radius 2 is 2.45 bits per heavy atom. The normalized spacial score (nSPS) is 9.90. The minimum absolute atomic E-state index is 0.0592. The van der Waals surface area contributed by atoms with Gasteiger partial charge in [0.15, 0.2) is 0 Å². The highest BCUT2D eigenvalue weighted by molar-refractivity contribution is 7.10. The van der Waals surface area contributed by atoms with Crippen LogP contribution in [0.5, 0.6) is 0 Å². The van der Waals surface area contributed by atoms with E-state index < -0.39 is 0 Å². The molecule has 6 heteroatoms. The third kappa shape index (κ3) is 3.47. The highest BCUT2D eigenvalue weighted by atomic mass is 32.1. The number of aliphatic hydroxyl groups excluding tert-OH is 1.